The first-order valence-electron chi connectivity index (χ1n) is 6.71. The van der Waals surface area contributed by atoms with Gasteiger partial charge >= 0.3 is 0 Å². The Morgan fingerprint density at radius 3 is 2.82 bits per heavy atom. The van der Waals surface area contributed by atoms with Gasteiger partial charge in [-0.1, -0.05) is 13.8 Å². The van der Waals surface area contributed by atoms with Gasteiger partial charge < -0.3 is 4.90 Å². The van der Waals surface area contributed by atoms with Gasteiger partial charge in [-0.05, 0) is 44.1 Å². The fourth-order valence-corrected chi connectivity index (χ4v) is 2.58. The van der Waals surface area contributed by atoms with Crippen LogP contribution in [0.25, 0.3) is 0 Å². The van der Waals surface area contributed by atoms with Gasteiger partial charge in [0.25, 0.3) is 0 Å². The van der Waals surface area contributed by atoms with Crippen molar-refractivity contribution in [1.82, 2.24) is 9.97 Å². The van der Waals surface area contributed by atoms with E-state index in [-0.39, 0.29) is 0 Å². The summed E-state index contributed by atoms with van der Waals surface area (Å²) in [6.45, 7) is 8.91. The van der Waals surface area contributed by atoms with Gasteiger partial charge in [-0.15, -0.1) is 0 Å². The molecular formula is C14H23N3. The number of aromatic nitrogens is 2. The van der Waals surface area contributed by atoms with Crippen molar-refractivity contribution in [2.75, 3.05) is 18.0 Å². The molecular weight excluding hydrogens is 210 g/mol. The molecule has 3 heteroatoms. The van der Waals surface area contributed by atoms with Gasteiger partial charge in [0.15, 0.2) is 0 Å². The second-order valence-electron chi connectivity index (χ2n) is 5.42. The predicted molar refractivity (Wildman–Crippen MR) is 71.2 cm³/mol. The molecule has 0 radical (unpaired) electrons. The Bertz CT molecular complexity index is 362. The van der Waals surface area contributed by atoms with E-state index in [1.807, 2.05) is 19.2 Å². The Kier molecular flexibility index (Phi) is 3.97. The van der Waals surface area contributed by atoms with Crippen molar-refractivity contribution < 1.29 is 0 Å². The fraction of sp³-hybridized carbons (Fsp3) is 0.714. The molecule has 0 aromatic carbocycles. The Morgan fingerprint density at radius 1 is 1.29 bits per heavy atom. The van der Waals surface area contributed by atoms with Crippen LogP contribution in [0.4, 0.5) is 5.95 Å². The minimum Gasteiger partial charge on any atom is -0.341 e. The first-order valence-corrected chi connectivity index (χ1v) is 6.71. The first kappa shape index (κ1) is 12.3. The van der Waals surface area contributed by atoms with Gasteiger partial charge in [0, 0.05) is 25.0 Å². The largest absolute Gasteiger partial charge is 0.341 e. The molecule has 1 fully saturated rings. The fourth-order valence-electron chi connectivity index (χ4n) is 2.58. The Labute approximate surface area is 104 Å². The standard InChI is InChI=1S/C14H23N3/c1-11(2)13-5-4-9-17(10-7-13)14-15-8-6-12(3)16-14/h6,8,11,13H,4-5,7,9-10H2,1-3H3. The van der Waals surface area contributed by atoms with Crippen LogP contribution in [0.5, 0.6) is 0 Å². The van der Waals surface area contributed by atoms with Crippen molar-refractivity contribution in [2.24, 2.45) is 11.8 Å². The monoisotopic (exact) mass is 233 g/mol. The van der Waals surface area contributed by atoms with Crippen molar-refractivity contribution in [2.45, 2.75) is 40.0 Å². The van der Waals surface area contributed by atoms with E-state index in [0.717, 1.165) is 36.6 Å². The number of hydrogen-bond acceptors (Lipinski definition) is 3. The summed E-state index contributed by atoms with van der Waals surface area (Å²) in [7, 11) is 0. The molecule has 94 valence electrons. The molecule has 1 aliphatic heterocycles. The summed E-state index contributed by atoms with van der Waals surface area (Å²) in [6.07, 6.45) is 5.75. The van der Waals surface area contributed by atoms with E-state index in [1.165, 1.54) is 19.3 Å². The van der Waals surface area contributed by atoms with Crippen molar-refractivity contribution in [1.29, 1.82) is 0 Å². The third kappa shape index (κ3) is 3.18. The summed E-state index contributed by atoms with van der Waals surface area (Å²) < 4.78 is 0. The molecule has 0 aliphatic carbocycles. The molecule has 17 heavy (non-hydrogen) atoms. The zero-order valence-electron chi connectivity index (χ0n) is 11.2. The normalized spacial score (nSPS) is 21.6. The number of anilines is 1. The van der Waals surface area contributed by atoms with Crippen LogP contribution >= 0.6 is 0 Å². The lowest BCUT2D eigenvalue weighted by molar-refractivity contribution is 0.351. The number of hydrogen-bond donors (Lipinski definition) is 0. The topological polar surface area (TPSA) is 29.0 Å². The van der Waals surface area contributed by atoms with Crippen molar-refractivity contribution in [3.8, 4) is 0 Å². The van der Waals surface area contributed by atoms with E-state index in [1.54, 1.807) is 0 Å². The van der Waals surface area contributed by atoms with Crippen LogP contribution in [0.3, 0.4) is 0 Å². The highest BCUT2D eigenvalue weighted by Crippen LogP contribution is 2.25. The van der Waals surface area contributed by atoms with Crippen LogP contribution in [0.2, 0.25) is 0 Å². The average Bonchev–Trinajstić information content (AvgIpc) is 2.54. The van der Waals surface area contributed by atoms with Crippen LogP contribution in [0.1, 0.15) is 38.8 Å². The quantitative estimate of drug-likeness (QED) is 0.786. The third-order valence-corrected chi connectivity index (χ3v) is 3.78. The van der Waals surface area contributed by atoms with E-state index >= 15 is 0 Å². The second-order valence-corrected chi connectivity index (χ2v) is 5.42. The van der Waals surface area contributed by atoms with Gasteiger partial charge in [0.2, 0.25) is 5.95 Å². The molecule has 1 aromatic rings. The Morgan fingerprint density at radius 2 is 2.12 bits per heavy atom. The molecule has 1 atom stereocenters. The smallest absolute Gasteiger partial charge is 0.225 e. The van der Waals surface area contributed by atoms with Gasteiger partial charge in [0.1, 0.15) is 0 Å². The molecule has 0 saturated carbocycles. The number of aryl methyl sites for hydroxylation is 1. The predicted octanol–water partition coefficient (Wildman–Crippen LogP) is 3.05. The highest BCUT2D eigenvalue weighted by Gasteiger charge is 2.20. The summed E-state index contributed by atoms with van der Waals surface area (Å²) in [6, 6.07) is 1.96. The lowest BCUT2D eigenvalue weighted by Crippen LogP contribution is -2.26. The number of rotatable bonds is 2. The highest BCUT2D eigenvalue weighted by atomic mass is 15.2. The van der Waals surface area contributed by atoms with Gasteiger partial charge in [-0.3, -0.25) is 0 Å². The molecule has 0 spiro atoms. The summed E-state index contributed by atoms with van der Waals surface area (Å²) in [5, 5.41) is 0. The van der Waals surface area contributed by atoms with Crippen molar-refractivity contribution in [3.63, 3.8) is 0 Å². The zero-order chi connectivity index (χ0) is 12.3. The van der Waals surface area contributed by atoms with Gasteiger partial charge in [-0.2, -0.15) is 0 Å². The zero-order valence-corrected chi connectivity index (χ0v) is 11.2. The van der Waals surface area contributed by atoms with E-state index < -0.39 is 0 Å². The van der Waals surface area contributed by atoms with Crippen molar-refractivity contribution >= 4 is 5.95 Å². The minimum atomic E-state index is 0.799. The van der Waals surface area contributed by atoms with E-state index in [4.69, 9.17) is 0 Å². The summed E-state index contributed by atoms with van der Waals surface area (Å²) in [5.74, 6) is 2.58. The molecule has 2 heterocycles. The van der Waals surface area contributed by atoms with Crippen LogP contribution < -0.4 is 4.90 Å². The molecule has 2 rings (SSSR count). The van der Waals surface area contributed by atoms with Crippen molar-refractivity contribution in [3.05, 3.63) is 18.0 Å². The van der Waals surface area contributed by atoms with E-state index in [9.17, 15) is 0 Å². The maximum absolute atomic E-state index is 4.52. The Balaban J connectivity index is 2.04. The lowest BCUT2D eigenvalue weighted by Gasteiger charge is -2.21. The van der Waals surface area contributed by atoms with Crippen LogP contribution in [0, 0.1) is 18.8 Å². The molecule has 1 aliphatic rings. The average molecular weight is 233 g/mol. The van der Waals surface area contributed by atoms with Crippen LogP contribution in [-0.4, -0.2) is 23.1 Å². The van der Waals surface area contributed by atoms with E-state index in [0.29, 0.717) is 0 Å². The maximum atomic E-state index is 4.52. The summed E-state index contributed by atoms with van der Waals surface area (Å²) in [5.41, 5.74) is 1.06. The summed E-state index contributed by atoms with van der Waals surface area (Å²) in [4.78, 5) is 11.3. The molecule has 3 nitrogen and oxygen atoms in total. The van der Waals surface area contributed by atoms with Crippen LogP contribution in [-0.2, 0) is 0 Å². The lowest BCUT2D eigenvalue weighted by atomic mass is 9.89. The third-order valence-electron chi connectivity index (χ3n) is 3.78. The Hall–Kier alpha value is -1.12. The van der Waals surface area contributed by atoms with Crippen LogP contribution in [0.15, 0.2) is 12.3 Å². The molecule has 0 bridgehead atoms. The molecule has 1 aromatic heterocycles. The summed E-state index contributed by atoms with van der Waals surface area (Å²) >= 11 is 0. The minimum absolute atomic E-state index is 0.799. The second kappa shape index (κ2) is 5.48. The molecule has 1 unspecified atom stereocenters. The SMILES string of the molecule is Cc1ccnc(N2CCCC(C(C)C)CC2)n1. The maximum Gasteiger partial charge on any atom is 0.225 e. The molecule has 0 amide bonds. The highest BCUT2D eigenvalue weighted by molar-refractivity contribution is 5.30. The van der Waals surface area contributed by atoms with E-state index in [2.05, 4.69) is 28.7 Å². The number of nitrogens with zero attached hydrogens (tertiary/aromatic N) is 3. The first-order chi connectivity index (χ1) is 8.16. The van der Waals surface area contributed by atoms with Gasteiger partial charge in [0.05, 0.1) is 0 Å². The molecule has 1 saturated heterocycles. The molecule has 0 N–H and O–H groups in total. The van der Waals surface area contributed by atoms with Gasteiger partial charge in [-0.25, -0.2) is 9.97 Å².